The van der Waals surface area contributed by atoms with Crippen molar-refractivity contribution in [3.63, 3.8) is 0 Å². The van der Waals surface area contributed by atoms with E-state index in [1.165, 1.54) is 16.5 Å². The highest BCUT2D eigenvalue weighted by molar-refractivity contribution is 7.15. The van der Waals surface area contributed by atoms with Crippen molar-refractivity contribution in [2.75, 3.05) is 0 Å². The molecule has 2 rings (SSSR count). The molecule has 1 heterocycles. The van der Waals surface area contributed by atoms with E-state index in [2.05, 4.69) is 13.0 Å². The Kier molecular flexibility index (Phi) is 3.08. The summed E-state index contributed by atoms with van der Waals surface area (Å²) in [5.41, 5.74) is 8.90. The molecular weight excluding hydrogens is 221 g/mol. The molecule has 0 atom stereocenters. The molecule has 2 N–H and O–H groups in total. The minimum absolute atomic E-state index is 0.186. The fourth-order valence-electron chi connectivity index (χ4n) is 1.80. The van der Waals surface area contributed by atoms with Gasteiger partial charge in [0.2, 0.25) is 0 Å². The summed E-state index contributed by atoms with van der Waals surface area (Å²) in [4.78, 5) is 2.36. The minimum atomic E-state index is -0.186. The van der Waals surface area contributed by atoms with Gasteiger partial charge in [0, 0.05) is 16.3 Å². The summed E-state index contributed by atoms with van der Waals surface area (Å²) in [6.07, 6.45) is 0. The Morgan fingerprint density at radius 2 is 1.94 bits per heavy atom. The molecule has 0 saturated carbocycles. The smallest absolute Gasteiger partial charge is 0.123 e. The molecule has 0 spiro atoms. The number of hydrogen-bond donors (Lipinski definition) is 1. The van der Waals surface area contributed by atoms with Gasteiger partial charge in [-0.3, -0.25) is 0 Å². The van der Waals surface area contributed by atoms with Gasteiger partial charge in [0.25, 0.3) is 0 Å². The van der Waals surface area contributed by atoms with Crippen molar-refractivity contribution < 1.29 is 4.39 Å². The molecule has 3 heteroatoms. The summed E-state index contributed by atoms with van der Waals surface area (Å²) in [5.74, 6) is -0.186. The SMILES string of the molecule is Cc1cc(F)ccc1-c1sc(CN)cc1C. The number of thiophene rings is 1. The standard InChI is InChI=1S/C13H14FNS/c1-8-5-10(14)3-4-12(8)13-9(2)6-11(7-15)16-13/h3-6H,7,15H2,1-2H3. The van der Waals surface area contributed by atoms with Gasteiger partial charge >= 0.3 is 0 Å². The van der Waals surface area contributed by atoms with E-state index in [0.29, 0.717) is 6.54 Å². The predicted molar refractivity (Wildman–Crippen MR) is 67.1 cm³/mol. The first-order valence-electron chi connectivity index (χ1n) is 5.17. The van der Waals surface area contributed by atoms with Crippen LogP contribution in [0, 0.1) is 19.7 Å². The minimum Gasteiger partial charge on any atom is -0.326 e. The molecule has 0 saturated heterocycles. The lowest BCUT2D eigenvalue weighted by Crippen LogP contribution is -1.91. The molecule has 0 bridgehead atoms. The van der Waals surface area contributed by atoms with E-state index in [4.69, 9.17) is 5.73 Å². The lowest BCUT2D eigenvalue weighted by atomic mass is 10.0. The zero-order chi connectivity index (χ0) is 11.7. The van der Waals surface area contributed by atoms with E-state index in [-0.39, 0.29) is 5.82 Å². The van der Waals surface area contributed by atoms with E-state index in [0.717, 1.165) is 16.0 Å². The Hall–Kier alpha value is -1.19. The van der Waals surface area contributed by atoms with Gasteiger partial charge in [-0.2, -0.15) is 0 Å². The Bertz CT molecular complexity index is 517. The van der Waals surface area contributed by atoms with Crippen LogP contribution in [0.1, 0.15) is 16.0 Å². The van der Waals surface area contributed by atoms with E-state index in [1.807, 2.05) is 13.0 Å². The number of nitrogens with two attached hydrogens (primary N) is 1. The van der Waals surface area contributed by atoms with E-state index < -0.39 is 0 Å². The Morgan fingerprint density at radius 1 is 1.19 bits per heavy atom. The van der Waals surface area contributed by atoms with Crippen molar-refractivity contribution in [1.29, 1.82) is 0 Å². The molecule has 16 heavy (non-hydrogen) atoms. The lowest BCUT2D eigenvalue weighted by molar-refractivity contribution is 0.627. The van der Waals surface area contributed by atoms with Crippen LogP contribution in [-0.4, -0.2) is 0 Å². The second-order valence-corrected chi connectivity index (χ2v) is 5.02. The number of rotatable bonds is 2. The maximum atomic E-state index is 13.0. The van der Waals surface area contributed by atoms with Gasteiger partial charge in [0.05, 0.1) is 0 Å². The van der Waals surface area contributed by atoms with Gasteiger partial charge in [-0.05, 0) is 48.7 Å². The summed E-state index contributed by atoms with van der Waals surface area (Å²) in [7, 11) is 0. The largest absolute Gasteiger partial charge is 0.326 e. The third-order valence-electron chi connectivity index (χ3n) is 2.60. The molecule has 0 aliphatic carbocycles. The maximum Gasteiger partial charge on any atom is 0.123 e. The first-order valence-corrected chi connectivity index (χ1v) is 5.99. The summed E-state index contributed by atoms with van der Waals surface area (Å²) in [6, 6.07) is 7.01. The molecule has 1 aromatic carbocycles. The molecule has 84 valence electrons. The summed E-state index contributed by atoms with van der Waals surface area (Å²) < 4.78 is 13.0. The first kappa shape index (κ1) is 11.3. The molecule has 0 radical (unpaired) electrons. The Labute approximate surface area is 98.7 Å². The van der Waals surface area contributed by atoms with Crippen LogP contribution in [0.3, 0.4) is 0 Å². The van der Waals surface area contributed by atoms with Crippen LogP contribution in [-0.2, 0) is 6.54 Å². The van der Waals surface area contributed by atoms with Crippen LogP contribution in [0.4, 0.5) is 4.39 Å². The van der Waals surface area contributed by atoms with Crippen LogP contribution in [0.2, 0.25) is 0 Å². The highest BCUT2D eigenvalue weighted by atomic mass is 32.1. The highest BCUT2D eigenvalue weighted by Crippen LogP contribution is 2.34. The molecule has 1 nitrogen and oxygen atoms in total. The van der Waals surface area contributed by atoms with E-state index in [1.54, 1.807) is 17.4 Å². The Balaban J connectivity index is 2.53. The van der Waals surface area contributed by atoms with Crippen molar-refractivity contribution in [2.24, 2.45) is 5.73 Å². The Morgan fingerprint density at radius 3 is 2.50 bits per heavy atom. The predicted octanol–water partition coefficient (Wildman–Crippen LogP) is 3.63. The van der Waals surface area contributed by atoms with Gasteiger partial charge in [-0.1, -0.05) is 6.07 Å². The molecule has 1 aromatic heterocycles. The topological polar surface area (TPSA) is 26.0 Å². The molecular formula is C13H14FNS. The average Bonchev–Trinajstić information content (AvgIpc) is 2.60. The molecule has 2 aromatic rings. The number of hydrogen-bond acceptors (Lipinski definition) is 2. The van der Waals surface area contributed by atoms with Gasteiger partial charge in [-0.25, -0.2) is 4.39 Å². The van der Waals surface area contributed by atoms with Crippen molar-refractivity contribution >= 4 is 11.3 Å². The van der Waals surface area contributed by atoms with E-state index >= 15 is 0 Å². The van der Waals surface area contributed by atoms with Gasteiger partial charge in [0.15, 0.2) is 0 Å². The highest BCUT2D eigenvalue weighted by Gasteiger charge is 2.09. The lowest BCUT2D eigenvalue weighted by Gasteiger charge is -2.04. The zero-order valence-corrected chi connectivity index (χ0v) is 10.2. The average molecular weight is 235 g/mol. The van der Waals surface area contributed by atoms with Crippen molar-refractivity contribution in [3.05, 3.63) is 46.1 Å². The summed E-state index contributed by atoms with van der Waals surface area (Å²) >= 11 is 1.69. The second-order valence-electron chi connectivity index (χ2n) is 3.89. The zero-order valence-electron chi connectivity index (χ0n) is 9.38. The fourth-order valence-corrected chi connectivity index (χ4v) is 2.94. The van der Waals surface area contributed by atoms with Crippen LogP contribution < -0.4 is 5.73 Å². The molecule has 0 aliphatic heterocycles. The normalized spacial score (nSPS) is 10.8. The van der Waals surface area contributed by atoms with Crippen molar-refractivity contribution in [3.8, 4) is 10.4 Å². The summed E-state index contributed by atoms with van der Waals surface area (Å²) in [6.45, 7) is 4.55. The summed E-state index contributed by atoms with van der Waals surface area (Å²) in [5, 5.41) is 0. The van der Waals surface area contributed by atoms with Crippen molar-refractivity contribution in [1.82, 2.24) is 0 Å². The van der Waals surface area contributed by atoms with Crippen LogP contribution in [0.15, 0.2) is 24.3 Å². The van der Waals surface area contributed by atoms with Crippen LogP contribution >= 0.6 is 11.3 Å². The third kappa shape index (κ3) is 2.01. The second kappa shape index (κ2) is 4.36. The van der Waals surface area contributed by atoms with E-state index in [9.17, 15) is 4.39 Å². The third-order valence-corrected chi connectivity index (χ3v) is 3.90. The number of halogens is 1. The maximum absolute atomic E-state index is 13.0. The molecule has 0 amide bonds. The van der Waals surface area contributed by atoms with Gasteiger partial charge in [0.1, 0.15) is 5.82 Å². The van der Waals surface area contributed by atoms with Gasteiger partial charge < -0.3 is 5.73 Å². The first-order chi connectivity index (χ1) is 7.61. The molecule has 0 aliphatic rings. The number of benzene rings is 1. The monoisotopic (exact) mass is 235 g/mol. The quantitative estimate of drug-likeness (QED) is 0.845. The van der Waals surface area contributed by atoms with Gasteiger partial charge in [-0.15, -0.1) is 11.3 Å². The van der Waals surface area contributed by atoms with Crippen molar-refractivity contribution in [2.45, 2.75) is 20.4 Å². The molecule has 0 unspecified atom stereocenters. The van der Waals surface area contributed by atoms with Crippen LogP contribution in [0.5, 0.6) is 0 Å². The fraction of sp³-hybridized carbons (Fsp3) is 0.231. The number of aryl methyl sites for hydroxylation is 2. The molecule has 0 fully saturated rings. The van der Waals surface area contributed by atoms with Crippen LogP contribution in [0.25, 0.3) is 10.4 Å².